The highest BCUT2D eigenvalue weighted by Crippen LogP contribution is 2.31. The van der Waals surface area contributed by atoms with Crippen molar-refractivity contribution >= 4 is 6.09 Å². The molecule has 2 N–H and O–H groups in total. The summed E-state index contributed by atoms with van der Waals surface area (Å²) < 4.78 is 16.5. The lowest BCUT2D eigenvalue weighted by atomic mass is 10.2. The number of carbonyl (C=O) groups excluding carboxylic acids is 1. The molecule has 1 amide bonds. The van der Waals surface area contributed by atoms with Crippen molar-refractivity contribution in [3.05, 3.63) is 24.3 Å². The van der Waals surface area contributed by atoms with Gasteiger partial charge >= 0.3 is 6.09 Å². The van der Waals surface area contributed by atoms with Gasteiger partial charge in [-0.3, -0.25) is 0 Å². The third kappa shape index (κ3) is 4.26. The highest BCUT2D eigenvalue weighted by Gasteiger charge is 2.31. The molecule has 0 spiro atoms. The minimum atomic E-state index is -0.764. The summed E-state index contributed by atoms with van der Waals surface area (Å²) in [5.74, 6) is 1.24. The number of alkyl carbamates (subject to hydrolysis) is 1. The largest absolute Gasteiger partial charge is 0.486 e. The van der Waals surface area contributed by atoms with Gasteiger partial charge in [0, 0.05) is 6.54 Å². The smallest absolute Gasteiger partial charge is 0.407 e. The molecular formula is C15H21NO5. The standard InChI is InChI=1S/C15H21NO5/c1-2-3-8-16-15(18)21-13(9-17)14-10-19-11-6-4-5-7-12(11)20-14/h4-7,13-14,17H,2-3,8-10H2,1H3,(H,16,18). The Hall–Kier alpha value is -1.95. The van der Waals surface area contributed by atoms with E-state index < -0.39 is 18.3 Å². The number of hydrogen-bond donors (Lipinski definition) is 2. The minimum Gasteiger partial charge on any atom is -0.486 e. The van der Waals surface area contributed by atoms with Crippen LogP contribution in [0.25, 0.3) is 0 Å². The van der Waals surface area contributed by atoms with Gasteiger partial charge in [-0.05, 0) is 18.6 Å². The number of aliphatic hydroxyl groups excluding tert-OH is 1. The Labute approximate surface area is 124 Å². The van der Waals surface area contributed by atoms with Crippen molar-refractivity contribution in [3.63, 3.8) is 0 Å². The molecule has 116 valence electrons. The van der Waals surface area contributed by atoms with Gasteiger partial charge in [-0.15, -0.1) is 0 Å². The number of nitrogens with one attached hydrogen (secondary N) is 1. The summed E-state index contributed by atoms with van der Waals surface area (Å²) in [6, 6.07) is 7.26. The Balaban J connectivity index is 1.89. The van der Waals surface area contributed by atoms with Crippen LogP contribution in [0.2, 0.25) is 0 Å². The van der Waals surface area contributed by atoms with E-state index in [0.29, 0.717) is 18.0 Å². The molecule has 0 aliphatic carbocycles. The number of carbonyl (C=O) groups is 1. The highest BCUT2D eigenvalue weighted by atomic mass is 16.6. The van der Waals surface area contributed by atoms with Gasteiger partial charge in [0.2, 0.25) is 0 Å². The maximum atomic E-state index is 11.6. The molecule has 6 nitrogen and oxygen atoms in total. The maximum absolute atomic E-state index is 11.6. The Kier molecular flexibility index (Phi) is 5.68. The summed E-state index contributed by atoms with van der Waals surface area (Å²) in [7, 11) is 0. The molecule has 2 unspecified atom stereocenters. The van der Waals surface area contributed by atoms with E-state index in [9.17, 15) is 9.90 Å². The van der Waals surface area contributed by atoms with Crippen LogP contribution in [0.4, 0.5) is 4.79 Å². The summed E-state index contributed by atoms with van der Waals surface area (Å²) in [6.45, 7) is 2.49. The lowest BCUT2D eigenvalue weighted by Gasteiger charge is -2.30. The lowest BCUT2D eigenvalue weighted by Crippen LogP contribution is -2.45. The van der Waals surface area contributed by atoms with Crippen molar-refractivity contribution in [1.82, 2.24) is 5.32 Å². The number of para-hydroxylation sites is 2. The van der Waals surface area contributed by atoms with Crippen molar-refractivity contribution < 1.29 is 24.1 Å². The molecule has 2 rings (SSSR count). The Morgan fingerprint density at radius 3 is 2.95 bits per heavy atom. The lowest BCUT2D eigenvalue weighted by molar-refractivity contribution is -0.0428. The second-order valence-electron chi connectivity index (χ2n) is 4.82. The molecular weight excluding hydrogens is 274 g/mol. The first-order chi connectivity index (χ1) is 10.2. The van der Waals surface area contributed by atoms with Gasteiger partial charge in [0.05, 0.1) is 6.61 Å². The van der Waals surface area contributed by atoms with E-state index in [2.05, 4.69) is 5.32 Å². The summed E-state index contributed by atoms with van der Waals surface area (Å²) in [4.78, 5) is 11.6. The number of hydrogen-bond acceptors (Lipinski definition) is 5. The number of amides is 1. The van der Waals surface area contributed by atoms with E-state index in [1.165, 1.54) is 0 Å². The minimum absolute atomic E-state index is 0.227. The third-order valence-electron chi connectivity index (χ3n) is 3.18. The van der Waals surface area contributed by atoms with Gasteiger partial charge in [-0.25, -0.2) is 4.79 Å². The van der Waals surface area contributed by atoms with Crippen LogP contribution in [0.1, 0.15) is 19.8 Å². The monoisotopic (exact) mass is 295 g/mol. The predicted molar refractivity (Wildman–Crippen MR) is 76.6 cm³/mol. The quantitative estimate of drug-likeness (QED) is 0.781. The number of aliphatic hydroxyl groups is 1. The molecule has 6 heteroatoms. The molecule has 0 bridgehead atoms. The predicted octanol–water partition coefficient (Wildman–Crippen LogP) is 1.71. The fraction of sp³-hybridized carbons (Fsp3) is 0.533. The first-order valence-electron chi connectivity index (χ1n) is 7.18. The van der Waals surface area contributed by atoms with Crippen molar-refractivity contribution in [2.24, 2.45) is 0 Å². The van der Waals surface area contributed by atoms with E-state index in [4.69, 9.17) is 14.2 Å². The van der Waals surface area contributed by atoms with Gasteiger partial charge in [0.15, 0.2) is 23.7 Å². The number of benzene rings is 1. The van der Waals surface area contributed by atoms with Crippen LogP contribution in [0.3, 0.4) is 0 Å². The molecule has 2 atom stereocenters. The molecule has 1 aliphatic heterocycles. The molecule has 0 radical (unpaired) electrons. The summed E-state index contributed by atoms with van der Waals surface area (Å²) in [5, 5.41) is 12.0. The molecule has 1 aliphatic rings. The zero-order chi connectivity index (χ0) is 15.1. The van der Waals surface area contributed by atoms with Crippen molar-refractivity contribution in [2.75, 3.05) is 19.8 Å². The number of fused-ring (bicyclic) bond motifs is 1. The van der Waals surface area contributed by atoms with Gasteiger partial charge in [-0.2, -0.15) is 0 Å². The molecule has 21 heavy (non-hydrogen) atoms. The molecule has 1 aromatic rings. The van der Waals surface area contributed by atoms with Gasteiger partial charge in [0.1, 0.15) is 6.61 Å². The molecule has 1 heterocycles. The van der Waals surface area contributed by atoms with Crippen LogP contribution in [0.15, 0.2) is 24.3 Å². The Morgan fingerprint density at radius 1 is 1.48 bits per heavy atom. The van der Waals surface area contributed by atoms with Crippen LogP contribution >= 0.6 is 0 Å². The molecule has 1 aromatic carbocycles. The van der Waals surface area contributed by atoms with Crippen LogP contribution in [0, 0.1) is 0 Å². The van der Waals surface area contributed by atoms with Crippen molar-refractivity contribution in [2.45, 2.75) is 32.0 Å². The summed E-state index contributed by atoms with van der Waals surface area (Å²) in [5.41, 5.74) is 0. The SMILES string of the molecule is CCCCNC(=O)OC(CO)C1COc2ccccc2O1. The number of unbranched alkanes of at least 4 members (excludes halogenated alkanes) is 1. The van der Waals surface area contributed by atoms with E-state index >= 15 is 0 Å². The first kappa shape index (κ1) is 15.4. The van der Waals surface area contributed by atoms with E-state index in [-0.39, 0.29) is 13.2 Å². The topological polar surface area (TPSA) is 77.0 Å². The molecule has 0 aromatic heterocycles. The second-order valence-corrected chi connectivity index (χ2v) is 4.82. The van der Waals surface area contributed by atoms with E-state index in [0.717, 1.165) is 12.8 Å². The van der Waals surface area contributed by atoms with E-state index in [1.807, 2.05) is 19.1 Å². The van der Waals surface area contributed by atoms with Gasteiger partial charge in [0.25, 0.3) is 0 Å². The fourth-order valence-electron chi connectivity index (χ4n) is 2.00. The highest BCUT2D eigenvalue weighted by molar-refractivity contribution is 5.67. The average molecular weight is 295 g/mol. The van der Waals surface area contributed by atoms with Gasteiger partial charge < -0.3 is 24.6 Å². The van der Waals surface area contributed by atoms with Crippen LogP contribution in [0.5, 0.6) is 11.5 Å². The zero-order valence-corrected chi connectivity index (χ0v) is 12.1. The summed E-state index contributed by atoms with van der Waals surface area (Å²) in [6.07, 6.45) is 0.0295. The van der Waals surface area contributed by atoms with Crippen LogP contribution in [-0.4, -0.2) is 43.2 Å². The van der Waals surface area contributed by atoms with Crippen molar-refractivity contribution in [1.29, 1.82) is 0 Å². The third-order valence-corrected chi connectivity index (χ3v) is 3.18. The average Bonchev–Trinajstić information content (AvgIpc) is 2.52. The normalized spacial score (nSPS) is 17.9. The van der Waals surface area contributed by atoms with Gasteiger partial charge in [-0.1, -0.05) is 25.5 Å². The van der Waals surface area contributed by atoms with Crippen LogP contribution < -0.4 is 14.8 Å². The molecule has 0 saturated heterocycles. The van der Waals surface area contributed by atoms with E-state index in [1.54, 1.807) is 12.1 Å². The van der Waals surface area contributed by atoms with Crippen LogP contribution in [-0.2, 0) is 4.74 Å². The maximum Gasteiger partial charge on any atom is 0.407 e. The van der Waals surface area contributed by atoms with Crippen molar-refractivity contribution in [3.8, 4) is 11.5 Å². The zero-order valence-electron chi connectivity index (χ0n) is 12.1. The number of rotatable bonds is 6. The Bertz CT molecular complexity index is 465. The summed E-state index contributed by atoms with van der Waals surface area (Å²) >= 11 is 0. The molecule has 0 saturated carbocycles. The fourth-order valence-corrected chi connectivity index (χ4v) is 2.00. The first-order valence-corrected chi connectivity index (χ1v) is 7.18. The Morgan fingerprint density at radius 2 is 2.24 bits per heavy atom. The molecule has 0 fully saturated rings. The number of ether oxygens (including phenoxy) is 3. The second kappa shape index (κ2) is 7.73.